The van der Waals surface area contributed by atoms with Crippen molar-refractivity contribution in [2.75, 3.05) is 5.32 Å². The van der Waals surface area contributed by atoms with E-state index in [0.29, 0.717) is 0 Å². The molecule has 0 fully saturated rings. The average molecular weight is 409 g/mol. The van der Waals surface area contributed by atoms with E-state index in [-0.39, 0.29) is 23.6 Å². The van der Waals surface area contributed by atoms with Crippen LogP contribution in [0.2, 0.25) is 0 Å². The zero-order chi connectivity index (χ0) is 21.8. The molecule has 4 aromatic rings. The number of nitrogens with zero attached hydrogens (tertiary/aromatic N) is 2. The van der Waals surface area contributed by atoms with Crippen LogP contribution in [0, 0.1) is 24.1 Å². The lowest BCUT2D eigenvalue weighted by molar-refractivity contribution is -0.116. The van der Waals surface area contributed by atoms with Crippen LogP contribution < -0.4 is 5.32 Å². The van der Waals surface area contributed by atoms with E-state index in [2.05, 4.69) is 11.4 Å². The van der Waals surface area contributed by atoms with Gasteiger partial charge in [0.1, 0.15) is 12.4 Å². The molecule has 3 aromatic carbocycles. The Morgan fingerprint density at radius 2 is 1.87 bits per heavy atom. The molecule has 152 valence electrons. The zero-order valence-corrected chi connectivity index (χ0v) is 17.0. The fourth-order valence-corrected chi connectivity index (χ4v) is 3.60. The van der Waals surface area contributed by atoms with Crippen molar-refractivity contribution in [3.05, 3.63) is 102 Å². The molecule has 31 heavy (non-hydrogen) atoms. The smallest absolute Gasteiger partial charge is 0.244 e. The Kier molecular flexibility index (Phi) is 5.63. The van der Waals surface area contributed by atoms with Crippen LogP contribution in [0.3, 0.4) is 0 Å². The summed E-state index contributed by atoms with van der Waals surface area (Å²) in [4.78, 5) is 12.6. The zero-order valence-electron chi connectivity index (χ0n) is 17.0. The van der Waals surface area contributed by atoms with Gasteiger partial charge in [0.2, 0.25) is 5.91 Å². The molecule has 0 spiro atoms. The van der Waals surface area contributed by atoms with Crippen molar-refractivity contribution in [1.82, 2.24) is 4.57 Å². The monoisotopic (exact) mass is 409 g/mol. The van der Waals surface area contributed by atoms with Crippen molar-refractivity contribution in [3.8, 4) is 6.07 Å². The van der Waals surface area contributed by atoms with Gasteiger partial charge in [0.15, 0.2) is 0 Å². The SMILES string of the molecule is Cc1cccc(NC(=O)Cn2cc(C=C(C#N)c3ccccc3F)c3ccccc32)c1. The van der Waals surface area contributed by atoms with Gasteiger partial charge >= 0.3 is 0 Å². The van der Waals surface area contributed by atoms with Gasteiger partial charge in [0, 0.05) is 33.9 Å². The number of halogens is 1. The number of amides is 1. The lowest BCUT2D eigenvalue weighted by Crippen LogP contribution is -2.18. The Bertz CT molecular complexity index is 1340. The van der Waals surface area contributed by atoms with Crippen LogP contribution in [-0.4, -0.2) is 10.5 Å². The number of anilines is 1. The van der Waals surface area contributed by atoms with E-state index >= 15 is 0 Å². The summed E-state index contributed by atoms with van der Waals surface area (Å²) in [6.45, 7) is 2.08. The molecular formula is C26H20FN3O. The summed E-state index contributed by atoms with van der Waals surface area (Å²) in [5, 5.41) is 13.4. The highest BCUT2D eigenvalue weighted by molar-refractivity contribution is 5.99. The average Bonchev–Trinajstić information content (AvgIpc) is 3.10. The molecule has 0 atom stereocenters. The normalized spacial score (nSPS) is 11.3. The standard InChI is InChI=1S/C26H20FN3O/c1-18-7-6-8-21(13-18)29-26(31)17-30-16-20(23-10-3-5-12-25(23)30)14-19(15-28)22-9-2-4-11-24(22)27/h2-14,16H,17H2,1H3,(H,29,31). The number of carbonyl (C=O) groups is 1. The highest BCUT2D eigenvalue weighted by Gasteiger charge is 2.13. The van der Waals surface area contributed by atoms with Crippen LogP contribution in [0.4, 0.5) is 10.1 Å². The van der Waals surface area contributed by atoms with Crippen LogP contribution in [0.25, 0.3) is 22.6 Å². The summed E-state index contributed by atoms with van der Waals surface area (Å²) >= 11 is 0. The molecule has 0 radical (unpaired) electrons. The molecule has 4 rings (SSSR count). The van der Waals surface area contributed by atoms with E-state index in [1.165, 1.54) is 6.07 Å². The topological polar surface area (TPSA) is 57.8 Å². The molecule has 5 heteroatoms. The van der Waals surface area contributed by atoms with Crippen molar-refractivity contribution < 1.29 is 9.18 Å². The van der Waals surface area contributed by atoms with E-state index < -0.39 is 5.82 Å². The number of hydrogen-bond donors (Lipinski definition) is 1. The number of benzene rings is 3. The van der Waals surface area contributed by atoms with Crippen LogP contribution in [0.5, 0.6) is 0 Å². The van der Waals surface area contributed by atoms with Crippen LogP contribution in [-0.2, 0) is 11.3 Å². The third kappa shape index (κ3) is 4.39. The number of allylic oxidation sites excluding steroid dienone is 1. The number of rotatable bonds is 5. The van der Waals surface area contributed by atoms with Crippen LogP contribution in [0.15, 0.2) is 79.0 Å². The largest absolute Gasteiger partial charge is 0.337 e. The number of para-hydroxylation sites is 1. The molecule has 0 aliphatic carbocycles. The number of nitriles is 1. The summed E-state index contributed by atoms with van der Waals surface area (Å²) in [6, 6.07) is 23.5. The Morgan fingerprint density at radius 1 is 1.10 bits per heavy atom. The first-order valence-corrected chi connectivity index (χ1v) is 9.86. The van der Waals surface area contributed by atoms with Crippen LogP contribution >= 0.6 is 0 Å². The Balaban J connectivity index is 1.68. The van der Waals surface area contributed by atoms with E-state index in [9.17, 15) is 14.4 Å². The van der Waals surface area contributed by atoms with Gasteiger partial charge in [-0.2, -0.15) is 5.26 Å². The molecule has 0 saturated carbocycles. The van der Waals surface area contributed by atoms with Gasteiger partial charge in [0.25, 0.3) is 0 Å². The number of aryl methyl sites for hydroxylation is 1. The minimum Gasteiger partial charge on any atom is -0.337 e. The van der Waals surface area contributed by atoms with Crippen molar-refractivity contribution in [2.24, 2.45) is 0 Å². The second-order valence-corrected chi connectivity index (χ2v) is 7.30. The minimum absolute atomic E-state index is 0.115. The van der Waals surface area contributed by atoms with Crippen molar-refractivity contribution in [3.63, 3.8) is 0 Å². The maximum atomic E-state index is 14.2. The Hall–Kier alpha value is -4.17. The fraction of sp³-hybridized carbons (Fsp3) is 0.0769. The number of carbonyl (C=O) groups excluding carboxylic acids is 1. The molecule has 1 N–H and O–H groups in total. The summed E-state index contributed by atoms with van der Waals surface area (Å²) in [5.74, 6) is -0.604. The first-order chi connectivity index (χ1) is 15.0. The number of aromatic nitrogens is 1. The van der Waals surface area contributed by atoms with Gasteiger partial charge in [-0.3, -0.25) is 4.79 Å². The molecule has 0 unspecified atom stereocenters. The molecule has 1 heterocycles. The van der Waals surface area contributed by atoms with Crippen molar-refractivity contribution >= 4 is 34.1 Å². The first-order valence-electron chi connectivity index (χ1n) is 9.86. The van der Waals surface area contributed by atoms with E-state index in [4.69, 9.17) is 0 Å². The van der Waals surface area contributed by atoms with Crippen LogP contribution in [0.1, 0.15) is 16.7 Å². The lowest BCUT2D eigenvalue weighted by atomic mass is 10.0. The maximum absolute atomic E-state index is 14.2. The minimum atomic E-state index is -0.448. The molecule has 0 aliphatic heterocycles. The van der Waals surface area contributed by atoms with Crippen molar-refractivity contribution in [2.45, 2.75) is 13.5 Å². The third-order valence-corrected chi connectivity index (χ3v) is 5.02. The quantitative estimate of drug-likeness (QED) is 0.424. The second kappa shape index (κ2) is 8.68. The third-order valence-electron chi connectivity index (χ3n) is 5.02. The first kappa shape index (κ1) is 20.1. The van der Waals surface area contributed by atoms with Gasteiger partial charge < -0.3 is 9.88 Å². The van der Waals surface area contributed by atoms with E-state index in [1.54, 1.807) is 24.3 Å². The molecule has 0 bridgehead atoms. The van der Waals surface area contributed by atoms with Gasteiger partial charge in [0.05, 0.1) is 11.6 Å². The Morgan fingerprint density at radius 3 is 2.65 bits per heavy atom. The summed E-state index contributed by atoms with van der Waals surface area (Å²) < 4.78 is 16.0. The molecule has 1 amide bonds. The van der Waals surface area contributed by atoms with Crippen molar-refractivity contribution in [1.29, 1.82) is 5.26 Å². The predicted molar refractivity (Wildman–Crippen MR) is 122 cm³/mol. The molecule has 1 aromatic heterocycles. The molecule has 0 saturated heterocycles. The number of nitrogens with one attached hydrogen (secondary N) is 1. The molecule has 4 nitrogen and oxygen atoms in total. The summed E-state index contributed by atoms with van der Waals surface area (Å²) in [5.41, 5.74) is 3.89. The fourth-order valence-electron chi connectivity index (χ4n) is 3.60. The molecule has 0 aliphatic rings. The van der Waals surface area contributed by atoms with Gasteiger partial charge in [-0.15, -0.1) is 0 Å². The van der Waals surface area contributed by atoms with Gasteiger partial charge in [-0.25, -0.2) is 4.39 Å². The maximum Gasteiger partial charge on any atom is 0.244 e. The summed E-state index contributed by atoms with van der Waals surface area (Å²) in [7, 11) is 0. The molecular weight excluding hydrogens is 389 g/mol. The highest BCUT2D eigenvalue weighted by Crippen LogP contribution is 2.27. The predicted octanol–water partition coefficient (Wildman–Crippen LogP) is 5.79. The lowest BCUT2D eigenvalue weighted by Gasteiger charge is -2.08. The van der Waals surface area contributed by atoms with E-state index in [1.807, 2.05) is 66.2 Å². The van der Waals surface area contributed by atoms with Gasteiger partial charge in [-0.05, 0) is 42.8 Å². The van der Waals surface area contributed by atoms with E-state index in [0.717, 1.165) is 27.7 Å². The second-order valence-electron chi connectivity index (χ2n) is 7.30. The Labute approximate surface area is 179 Å². The summed E-state index contributed by atoms with van der Waals surface area (Å²) in [6.07, 6.45) is 3.48. The number of fused-ring (bicyclic) bond motifs is 1. The number of hydrogen-bond acceptors (Lipinski definition) is 2. The highest BCUT2D eigenvalue weighted by atomic mass is 19.1. The van der Waals surface area contributed by atoms with Gasteiger partial charge in [-0.1, -0.05) is 48.5 Å².